The first-order chi connectivity index (χ1) is 10.6. The van der Waals surface area contributed by atoms with Crippen LogP contribution in [0.3, 0.4) is 0 Å². The minimum Gasteiger partial charge on any atom is -0.489 e. The standard InChI is InChI=1S/C13H17N3O3S.C2H6/c1-15-11-9(16(13(15)17)12(14)20-3)5-4-6-10(11)19-8-7-18-2;1-2/h4-6,14H,7-8H2,1-3H3;1-2H3. The molecule has 0 spiro atoms. The van der Waals surface area contributed by atoms with Gasteiger partial charge in [-0.05, 0) is 18.4 Å². The van der Waals surface area contributed by atoms with Crippen LogP contribution in [0.1, 0.15) is 13.8 Å². The molecule has 0 atom stereocenters. The minimum atomic E-state index is -0.248. The van der Waals surface area contributed by atoms with Crippen molar-refractivity contribution < 1.29 is 9.47 Å². The third kappa shape index (κ3) is 3.53. The van der Waals surface area contributed by atoms with E-state index in [1.165, 1.54) is 20.9 Å². The average Bonchev–Trinajstić information content (AvgIpc) is 2.81. The van der Waals surface area contributed by atoms with E-state index in [4.69, 9.17) is 14.9 Å². The number of imidazole rings is 1. The Morgan fingerprint density at radius 3 is 2.59 bits per heavy atom. The maximum atomic E-state index is 12.3. The fourth-order valence-corrected chi connectivity index (χ4v) is 2.37. The number of aromatic nitrogens is 2. The van der Waals surface area contributed by atoms with E-state index >= 15 is 0 Å². The number of thioether (sulfide) groups is 1. The van der Waals surface area contributed by atoms with Crippen LogP contribution in [0.4, 0.5) is 0 Å². The molecular formula is C15H23N3O3S. The molecule has 2 aromatic rings. The molecule has 0 aliphatic heterocycles. The molecule has 2 rings (SSSR count). The van der Waals surface area contributed by atoms with Gasteiger partial charge in [-0.1, -0.05) is 31.7 Å². The quantitative estimate of drug-likeness (QED) is 0.533. The van der Waals surface area contributed by atoms with Crippen LogP contribution in [0, 0.1) is 5.41 Å². The highest BCUT2D eigenvalue weighted by Crippen LogP contribution is 2.25. The largest absolute Gasteiger partial charge is 0.489 e. The molecule has 0 aliphatic carbocycles. The monoisotopic (exact) mass is 325 g/mol. The summed E-state index contributed by atoms with van der Waals surface area (Å²) in [6, 6.07) is 5.43. The van der Waals surface area contributed by atoms with E-state index in [0.29, 0.717) is 30.0 Å². The Morgan fingerprint density at radius 1 is 1.32 bits per heavy atom. The smallest absolute Gasteiger partial charge is 0.335 e. The van der Waals surface area contributed by atoms with Crippen molar-refractivity contribution in [1.29, 1.82) is 5.41 Å². The number of para-hydroxylation sites is 1. The summed E-state index contributed by atoms with van der Waals surface area (Å²) in [6.45, 7) is 4.89. The zero-order valence-electron chi connectivity index (χ0n) is 13.7. The molecule has 1 heterocycles. The fourth-order valence-electron chi connectivity index (χ4n) is 2.02. The number of hydrogen-bond acceptors (Lipinski definition) is 5. The van der Waals surface area contributed by atoms with Crippen molar-refractivity contribution in [2.45, 2.75) is 13.8 Å². The first kappa shape index (κ1) is 18.3. The summed E-state index contributed by atoms with van der Waals surface area (Å²) in [5.74, 6) is 0.617. The Morgan fingerprint density at radius 2 is 2.00 bits per heavy atom. The fraction of sp³-hybridized carbons (Fsp3) is 0.467. The Hall–Kier alpha value is -1.73. The van der Waals surface area contributed by atoms with Crippen LogP contribution in [-0.2, 0) is 11.8 Å². The molecule has 0 aliphatic rings. The Bertz CT molecular complexity index is 691. The number of aryl methyl sites for hydroxylation is 1. The summed E-state index contributed by atoms with van der Waals surface area (Å²) in [6.07, 6.45) is 1.77. The number of nitrogens with zero attached hydrogens (tertiary/aromatic N) is 2. The summed E-state index contributed by atoms with van der Waals surface area (Å²) in [5, 5.41) is 8.09. The summed E-state index contributed by atoms with van der Waals surface area (Å²) >= 11 is 1.22. The Balaban J connectivity index is 0.00000116. The van der Waals surface area contributed by atoms with Crippen molar-refractivity contribution >= 4 is 28.0 Å². The van der Waals surface area contributed by atoms with Crippen LogP contribution in [0.5, 0.6) is 5.75 Å². The van der Waals surface area contributed by atoms with Gasteiger partial charge in [0.05, 0.1) is 12.1 Å². The van der Waals surface area contributed by atoms with Crippen LogP contribution in [-0.4, -0.2) is 40.9 Å². The first-order valence-electron chi connectivity index (χ1n) is 7.07. The number of methoxy groups -OCH3 is 1. The molecule has 0 amide bonds. The molecule has 1 aromatic carbocycles. The molecule has 122 valence electrons. The molecule has 6 nitrogen and oxygen atoms in total. The van der Waals surface area contributed by atoms with Crippen molar-refractivity contribution in [3.8, 4) is 5.75 Å². The predicted molar refractivity (Wildman–Crippen MR) is 92.5 cm³/mol. The molecule has 1 aromatic heterocycles. The maximum Gasteiger partial charge on any atom is 0.335 e. The van der Waals surface area contributed by atoms with E-state index in [2.05, 4.69) is 0 Å². The lowest BCUT2D eigenvalue weighted by Gasteiger charge is -2.08. The molecule has 7 heteroatoms. The highest BCUT2D eigenvalue weighted by molar-refractivity contribution is 8.13. The van der Waals surface area contributed by atoms with Gasteiger partial charge in [-0.15, -0.1) is 0 Å². The van der Waals surface area contributed by atoms with Crippen molar-refractivity contribution in [2.75, 3.05) is 26.6 Å². The van der Waals surface area contributed by atoms with Crippen molar-refractivity contribution in [2.24, 2.45) is 7.05 Å². The number of benzene rings is 1. The summed E-state index contributed by atoms with van der Waals surface area (Å²) in [7, 11) is 3.29. The van der Waals surface area contributed by atoms with Gasteiger partial charge in [0.1, 0.15) is 17.9 Å². The van der Waals surface area contributed by atoms with E-state index in [1.54, 1.807) is 20.4 Å². The highest BCUT2D eigenvalue weighted by atomic mass is 32.2. The molecular weight excluding hydrogens is 302 g/mol. The lowest BCUT2D eigenvalue weighted by Crippen LogP contribution is -2.25. The van der Waals surface area contributed by atoms with Crippen molar-refractivity contribution in [3.05, 3.63) is 28.7 Å². The SMILES string of the molecule is CC.COCCOc1cccc2c1n(C)c(=O)n2C(=N)SC. The lowest BCUT2D eigenvalue weighted by molar-refractivity contribution is 0.147. The third-order valence-corrected chi connectivity index (χ3v) is 3.54. The second-order valence-electron chi connectivity index (χ2n) is 4.15. The summed E-state index contributed by atoms with van der Waals surface area (Å²) in [4.78, 5) is 12.3. The number of nitrogens with one attached hydrogen (secondary N) is 1. The number of rotatable bonds is 4. The molecule has 0 saturated carbocycles. The van der Waals surface area contributed by atoms with Crippen LogP contribution in [0.15, 0.2) is 23.0 Å². The number of fused-ring (bicyclic) bond motifs is 1. The maximum absolute atomic E-state index is 12.3. The number of hydrogen-bond donors (Lipinski definition) is 1. The summed E-state index contributed by atoms with van der Waals surface area (Å²) in [5.41, 5.74) is 1.11. The highest BCUT2D eigenvalue weighted by Gasteiger charge is 2.17. The Labute approximate surface area is 134 Å². The van der Waals surface area contributed by atoms with E-state index in [1.807, 2.05) is 32.0 Å². The zero-order valence-corrected chi connectivity index (χ0v) is 14.5. The first-order valence-corrected chi connectivity index (χ1v) is 8.29. The molecule has 0 bridgehead atoms. The van der Waals surface area contributed by atoms with Gasteiger partial charge in [-0.2, -0.15) is 0 Å². The van der Waals surface area contributed by atoms with E-state index in [-0.39, 0.29) is 10.9 Å². The van der Waals surface area contributed by atoms with Gasteiger partial charge in [-0.25, -0.2) is 9.36 Å². The molecule has 1 N–H and O–H groups in total. The van der Waals surface area contributed by atoms with Gasteiger partial charge >= 0.3 is 5.69 Å². The predicted octanol–water partition coefficient (Wildman–Crippen LogP) is 2.54. The van der Waals surface area contributed by atoms with Crippen molar-refractivity contribution in [1.82, 2.24) is 9.13 Å². The molecule has 0 radical (unpaired) electrons. The van der Waals surface area contributed by atoms with E-state index in [9.17, 15) is 4.79 Å². The average molecular weight is 325 g/mol. The third-order valence-electron chi connectivity index (χ3n) is 2.97. The Kier molecular flexibility index (Phi) is 7.20. The van der Waals surface area contributed by atoms with Gasteiger partial charge < -0.3 is 9.47 Å². The topological polar surface area (TPSA) is 69.2 Å². The minimum absolute atomic E-state index is 0.189. The van der Waals surface area contributed by atoms with Crippen LogP contribution in [0.25, 0.3) is 11.0 Å². The summed E-state index contributed by atoms with van der Waals surface area (Å²) < 4.78 is 13.5. The second kappa shape index (κ2) is 8.65. The van der Waals surface area contributed by atoms with Gasteiger partial charge in [-0.3, -0.25) is 9.98 Å². The van der Waals surface area contributed by atoms with Gasteiger partial charge in [0.25, 0.3) is 0 Å². The van der Waals surface area contributed by atoms with Gasteiger partial charge in [0, 0.05) is 14.2 Å². The van der Waals surface area contributed by atoms with Gasteiger partial charge in [0.2, 0.25) is 0 Å². The molecule has 22 heavy (non-hydrogen) atoms. The normalized spacial score (nSPS) is 10.2. The molecule has 0 fully saturated rings. The van der Waals surface area contributed by atoms with E-state index in [0.717, 1.165) is 0 Å². The molecule has 0 saturated heterocycles. The van der Waals surface area contributed by atoms with Crippen LogP contribution >= 0.6 is 11.8 Å². The van der Waals surface area contributed by atoms with E-state index < -0.39 is 0 Å². The van der Waals surface area contributed by atoms with Crippen LogP contribution < -0.4 is 10.4 Å². The zero-order chi connectivity index (χ0) is 16.7. The van der Waals surface area contributed by atoms with Crippen molar-refractivity contribution in [3.63, 3.8) is 0 Å². The lowest BCUT2D eigenvalue weighted by atomic mass is 10.3. The second-order valence-corrected chi connectivity index (χ2v) is 4.95. The van der Waals surface area contributed by atoms with Gasteiger partial charge in [0.15, 0.2) is 5.17 Å². The molecule has 0 unspecified atom stereocenters. The number of ether oxygens (including phenoxy) is 2. The van der Waals surface area contributed by atoms with Crippen LogP contribution in [0.2, 0.25) is 0 Å².